The van der Waals surface area contributed by atoms with Crippen LogP contribution in [-0.4, -0.2) is 72.5 Å². The Kier molecular flexibility index (Phi) is 5.56. The predicted molar refractivity (Wildman–Crippen MR) is 115 cm³/mol. The van der Waals surface area contributed by atoms with E-state index in [9.17, 15) is 9.59 Å². The number of carbonyl (C=O) groups excluding carboxylic acids is 2. The van der Waals surface area contributed by atoms with Crippen molar-refractivity contribution in [2.24, 2.45) is 5.41 Å². The van der Waals surface area contributed by atoms with Crippen molar-refractivity contribution >= 4 is 17.6 Å². The number of hydrogen-bond acceptors (Lipinski definition) is 3. The number of benzene rings is 1. The van der Waals surface area contributed by atoms with Gasteiger partial charge < -0.3 is 15.1 Å². The van der Waals surface area contributed by atoms with E-state index in [0.717, 1.165) is 76.1 Å². The van der Waals surface area contributed by atoms with Crippen molar-refractivity contribution in [2.45, 2.75) is 52.0 Å². The minimum Gasteiger partial charge on any atom is -0.341 e. The van der Waals surface area contributed by atoms with Gasteiger partial charge >= 0.3 is 6.03 Å². The van der Waals surface area contributed by atoms with Crippen molar-refractivity contribution < 1.29 is 9.59 Å². The molecule has 1 spiro atoms. The molecule has 3 saturated heterocycles. The monoisotopic (exact) mass is 398 g/mol. The first kappa shape index (κ1) is 20.2. The topological polar surface area (TPSA) is 55.9 Å². The van der Waals surface area contributed by atoms with Crippen LogP contribution in [0.15, 0.2) is 18.2 Å². The van der Waals surface area contributed by atoms with Crippen molar-refractivity contribution in [1.82, 2.24) is 14.7 Å². The summed E-state index contributed by atoms with van der Waals surface area (Å²) < 4.78 is 0. The minimum absolute atomic E-state index is 0.00963. The first-order valence-corrected chi connectivity index (χ1v) is 11.0. The number of nitrogens with zero attached hydrogens (tertiary/aromatic N) is 3. The maximum Gasteiger partial charge on any atom is 0.321 e. The summed E-state index contributed by atoms with van der Waals surface area (Å²) in [5.41, 5.74) is 3.37. The number of carbonyl (C=O) groups is 2. The van der Waals surface area contributed by atoms with Crippen LogP contribution < -0.4 is 5.32 Å². The van der Waals surface area contributed by atoms with Crippen molar-refractivity contribution in [3.63, 3.8) is 0 Å². The zero-order valence-corrected chi connectivity index (χ0v) is 18.0. The summed E-state index contributed by atoms with van der Waals surface area (Å²) in [5.74, 6) is 0.317. The van der Waals surface area contributed by atoms with E-state index in [4.69, 9.17) is 0 Å². The second-order valence-electron chi connectivity index (χ2n) is 9.33. The van der Waals surface area contributed by atoms with Gasteiger partial charge in [-0.2, -0.15) is 0 Å². The van der Waals surface area contributed by atoms with Crippen molar-refractivity contribution in [3.8, 4) is 0 Å². The third kappa shape index (κ3) is 4.00. The Morgan fingerprint density at radius 1 is 1.03 bits per heavy atom. The molecule has 6 nitrogen and oxygen atoms in total. The van der Waals surface area contributed by atoms with Gasteiger partial charge in [-0.3, -0.25) is 9.69 Å². The van der Waals surface area contributed by atoms with Gasteiger partial charge in [-0.25, -0.2) is 4.79 Å². The second kappa shape index (κ2) is 7.98. The fraction of sp³-hybridized carbons (Fsp3) is 0.652. The molecular formula is C23H34N4O2. The molecule has 1 unspecified atom stereocenters. The molecule has 0 aromatic heterocycles. The molecule has 1 aromatic carbocycles. The first-order chi connectivity index (χ1) is 13.9. The zero-order chi connectivity index (χ0) is 20.6. The number of urea groups is 1. The summed E-state index contributed by atoms with van der Waals surface area (Å²) in [6, 6.07) is 6.01. The fourth-order valence-corrected chi connectivity index (χ4v) is 5.32. The van der Waals surface area contributed by atoms with E-state index >= 15 is 0 Å². The summed E-state index contributed by atoms with van der Waals surface area (Å²) in [7, 11) is 2.09. The number of piperidine rings is 1. The van der Waals surface area contributed by atoms with Crippen LogP contribution in [0, 0.1) is 19.3 Å². The van der Waals surface area contributed by atoms with Gasteiger partial charge in [0.1, 0.15) is 0 Å². The van der Waals surface area contributed by atoms with Crippen LogP contribution in [0.4, 0.5) is 10.5 Å². The molecule has 3 fully saturated rings. The van der Waals surface area contributed by atoms with E-state index in [-0.39, 0.29) is 17.5 Å². The number of aryl methyl sites for hydroxylation is 1. The van der Waals surface area contributed by atoms with Gasteiger partial charge in [0.05, 0.1) is 6.04 Å². The highest BCUT2D eigenvalue weighted by Crippen LogP contribution is 2.43. The summed E-state index contributed by atoms with van der Waals surface area (Å²) >= 11 is 0. The molecule has 3 amide bonds. The van der Waals surface area contributed by atoms with Crippen LogP contribution in [-0.2, 0) is 4.79 Å². The Morgan fingerprint density at radius 2 is 1.72 bits per heavy atom. The van der Waals surface area contributed by atoms with Gasteiger partial charge in [-0.15, -0.1) is 0 Å². The van der Waals surface area contributed by atoms with Crippen LogP contribution in [0.2, 0.25) is 0 Å². The van der Waals surface area contributed by atoms with Crippen molar-refractivity contribution in [1.29, 1.82) is 0 Å². The van der Waals surface area contributed by atoms with Crippen LogP contribution in [0.25, 0.3) is 0 Å². The molecule has 3 aliphatic heterocycles. The largest absolute Gasteiger partial charge is 0.341 e. The molecule has 0 aliphatic carbocycles. The highest BCUT2D eigenvalue weighted by molar-refractivity contribution is 5.90. The highest BCUT2D eigenvalue weighted by Gasteiger charge is 2.48. The molecule has 6 heteroatoms. The molecule has 29 heavy (non-hydrogen) atoms. The van der Waals surface area contributed by atoms with E-state index in [0.29, 0.717) is 5.91 Å². The average molecular weight is 399 g/mol. The third-order valence-electron chi connectivity index (χ3n) is 7.40. The second-order valence-corrected chi connectivity index (χ2v) is 9.33. The summed E-state index contributed by atoms with van der Waals surface area (Å²) in [4.78, 5) is 32.0. The van der Waals surface area contributed by atoms with E-state index < -0.39 is 0 Å². The molecule has 3 aliphatic rings. The number of rotatable bonds is 2. The first-order valence-electron chi connectivity index (χ1n) is 11.0. The number of anilines is 1. The normalized spacial score (nSPS) is 24.3. The molecule has 0 radical (unpaired) electrons. The maximum absolute atomic E-state index is 12.9. The van der Waals surface area contributed by atoms with Crippen molar-refractivity contribution in [2.75, 3.05) is 45.1 Å². The molecule has 0 bridgehead atoms. The van der Waals surface area contributed by atoms with Crippen LogP contribution in [0.3, 0.4) is 0 Å². The molecule has 1 atom stereocenters. The molecule has 4 rings (SSSR count). The lowest BCUT2D eigenvalue weighted by molar-refractivity contribution is -0.134. The minimum atomic E-state index is -0.00963. The third-order valence-corrected chi connectivity index (χ3v) is 7.40. The van der Waals surface area contributed by atoms with E-state index in [1.165, 1.54) is 5.56 Å². The molecule has 1 aromatic rings. The van der Waals surface area contributed by atoms with Crippen molar-refractivity contribution in [3.05, 3.63) is 29.3 Å². The molecule has 1 N–H and O–H groups in total. The van der Waals surface area contributed by atoms with Crippen LogP contribution in [0.1, 0.15) is 43.2 Å². The van der Waals surface area contributed by atoms with Gasteiger partial charge in [0, 0.05) is 38.4 Å². The summed E-state index contributed by atoms with van der Waals surface area (Å²) in [5, 5.41) is 3.09. The van der Waals surface area contributed by atoms with Gasteiger partial charge in [0.2, 0.25) is 5.91 Å². The average Bonchev–Trinajstić information content (AvgIpc) is 3.34. The number of hydrogen-bond donors (Lipinski definition) is 1. The summed E-state index contributed by atoms with van der Waals surface area (Å²) in [6.07, 6.45) is 5.16. The quantitative estimate of drug-likeness (QED) is 0.832. The number of likely N-dealkylation sites (N-methyl/N-ethyl adjacent to an activating group) is 1. The van der Waals surface area contributed by atoms with Crippen LogP contribution >= 0.6 is 0 Å². The number of nitrogens with one attached hydrogen (secondary N) is 1. The Balaban J connectivity index is 1.34. The lowest BCUT2D eigenvalue weighted by atomic mass is 9.76. The predicted octanol–water partition coefficient (Wildman–Crippen LogP) is 3.24. The molecule has 158 valence electrons. The SMILES string of the molecule is Cc1cccc(NC(=O)N2CCC3(CC2)CC(C(=O)N2CCCC2)N(C)C3)c1C. The molecular weight excluding hydrogens is 364 g/mol. The Morgan fingerprint density at radius 3 is 2.41 bits per heavy atom. The van der Waals surface area contributed by atoms with Gasteiger partial charge in [0.25, 0.3) is 0 Å². The van der Waals surface area contributed by atoms with Gasteiger partial charge in [-0.1, -0.05) is 12.1 Å². The van der Waals surface area contributed by atoms with E-state index in [1.807, 2.05) is 28.9 Å². The Bertz CT molecular complexity index is 779. The lowest BCUT2D eigenvalue weighted by Crippen LogP contribution is -2.45. The molecule has 0 saturated carbocycles. The smallest absolute Gasteiger partial charge is 0.321 e. The number of amides is 3. The standard InChI is InChI=1S/C23H34N4O2/c1-17-7-6-8-19(18(17)2)24-22(29)27-13-9-23(10-14-27)15-20(25(3)16-23)21(28)26-11-4-5-12-26/h6-8,20H,4-5,9-16H2,1-3H3,(H,24,29). The Hall–Kier alpha value is -2.08. The van der Waals surface area contributed by atoms with E-state index in [2.05, 4.69) is 30.3 Å². The zero-order valence-electron chi connectivity index (χ0n) is 18.0. The number of likely N-dealkylation sites (tertiary alicyclic amines) is 3. The van der Waals surface area contributed by atoms with Crippen LogP contribution in [0.5, 0.6) is 0 Å². The lowest BCUT2D eigenvalue weighted by Gasteiger charge is -2.39. The highest BCUT2D eigenvalue weighted by atomic mass is 16.2. The van der Waals surface area contributed by atoms with Gasteiger partial charge in [0.15, 0.2) is 0 Å². The van der Waals surface area contributed by atoms with E-state index in [1.54, 1.807) is 0 Å². The maximum atomic E-state index is 12.9. The summed E-state index contributed by atoms with van der Waals surface area (Å²) in [6.45, 7) is 8.42. The van der Waals surface area contributed by atoms with Gasteiger partial charge in [-0.05, 0) is 75.6 Å². The fourth-order valence-electron chi connectivity index (χ4n) is 5.32. The Labute approximate surface area is 174 Å². The molecule has 3 heterocycles.